The zero-order valence-electron chi connectivity index (χ0n) is 18.0. The molecule has 2 N–H and O–H groups in total. The van der Waals surface area contributed by atoms with Crippen LogP contribution in [0.15, 0.2) is 28.7 Å². The van der Waals surface area contributed by atoms with Crippen LogP contribution in [-0.2, 0) is 17.8 Å². The number of thiazole rings is 1. The van der Waals surface area contributed by atoms with Crippen LogP contribution in [0.1, 0.15) is 49.9 Å². The molecule has 0 aliphatic carbocycles. The number of anilines is 1. The number of guanidine groups is 1. The Bertz CT molecular complexity index is 794. The van der Waals surface area contributed by atoms with E-state index in [4.69, 9.17) is 4.74 Å². The van der Waals surface area contributed by atoms with Crippen molar-refractivity contribution in [3.63, 3.8) is 0 Å². The molecule has 29 heavy (non-hydrogen) atoms. The average Bonchev–Trinajstić information content (AvgIpc) is 3.17. The van der Waals surface area contributed by atoms with Crippen LogP contribution in [0.2, 0.25) is 0 Å². The van der Waals surface area contributed by atoms with Gasteiger partial charge in [-0.2, -0.15) is 0 Å². The summed E-state index contributed by atoms with van der Waals surface area (Å²) in [5.41, 5.74) is 2.26. The Morgan fingerprint density at radius 2 is 1.97 bits per heavy atom. The number of pyridine rings is 1. The van der Waals surface area contributed by atoms with Gasteiger partial charge in [0.1, 0.15) is 10.8 Å². The summed E-state index contributed by atoms with van der Waals surface area (Å²) in [6, 6.07) is 4.20. The Morgan fingerprint density at radius 1 is 1.24 bits per heavy atom. The van der Waals surface area contributed by atoms with Crippen LogP contribution in [0.25, 0.3) is 0 Å². The molecule has 3 heterocycles. The van der Waals surface area contributed by atoms with Crippen molar-refractivity contribution in [3.05, 3.63) is 40.0 Å². The van der Waals surface area contributed by atoms with Crippen molar-refractivity contribution in [2.24, 2.45) is 4.99 Å². The highest BCUT2D eigenvalue weighted by Gasteiger charge is 2.22. The minimum absolute atomic E-state index is 0.228. The summed E-state index contributed by atoms with van der Waals surface area (Å²) in [7, 11) is 1.78. The van der Waals surface area contributed by atoms with E-state index in [1.807, 2.05) is 6.20 Å². The normalized spacial score (nSPS) is 20.2. The largest absolute Gasteiger partial charge is 0.372 e. The fraction of sp³-hybridized carbons (Fsp3) is 0.571. The van der Waals surface area contributed by atoms with Crippen molar-refractivity contribution >= 4 is 23.1 Å². The lowest BCUT2D eigenvalue weighted by molar-refractivity contribution is -0.00545. The third kappa shape index (κ3) is 6.14. The highest BCUT2D eigenvalue weighted by molar-refractivity contribution is 7.09. The Hall–Kier alpha value is -2.19. The Morgan fingerprint density at radius 3 is 2.55 bits per heavy atom. The standard InChI is InChI=1S/C21H32N6OS/c1-14(2)18-13-29-20(26-18)10-25-21(22-5)24-9-17-6-7-19(23-8-17)27-11-15(3)28-16(4)12-27/h6-8,13-16H,9-12H2,1-5H3,(H2,22,24,25). The molecule has 0 spiro atoms. The first-order chi connectivity index (χ1) is 13.9. The first-order valence-corrected chi connectivity index (χ1v) is 11.1. The van der Waals surface area contributed by atoms with Gasteiger partial charge in [0.15, 0.2) is 5.96 Å². The second-order valence-electron chi connectivity index (χ2n) is 7.79. The number of aromatic nitrogens is 2. The lowest BCUT2D eigenvalue weighted by atomic mass is 10.2. The molecule has 0 amide bonds. The van der Waals surface area contributed by atoms with E-state index in [0.717, 1.165) is 41.1 Å². The predicted octanol–water partition coefficient (Wildman–Crippen LogP) is 3.14. The number of rotatable bonds is 6. The molecule has 1 saturated heterocycles. The fourth-order valence-electron chi connectivity index (χ4n) is 3.31. The third-order valence-electron chi connectivity index (χ3n) is 4.80. The topological polar surface area (TPSA) is 74.7 Å². The molecular formula is C21H32N6OS. The van der Waals surface area contributed by atoms with Crippen LogP contribution in [0.4, 0.5) is 5.82 Å². The Kier molecular flexibility index (Phi) is 7.44. The molecule has 7 nitrogen and oxygen atoms in total. The monoisotopic (exact) mass is 416 g/mol. The Labute approximate surface area is 177 Å². The zero-order chi connectivity index (χ0) is 20.8. The highest BCUT2D eigenvalue weighted by Crippen LogP contribution is 2.19. The summed E-state index contributed by atoms with van der Waals surface area (Å²) in [5.74, 6) is 2.21. The minimum atomic E-state index is 0.228. The van der Waals surface area contributed by atoms with Crippen LogP contribution in [0, 0.1) is 0 Å². The lowest BCUT2D eigenvalue weighted by Crippen LogP contribution is -2.45. The summed E-state index contributed by atoms with van der Waals surface area (Å²) in [5, 5.41) is 9.86. The zero-order valence-corrected chi connectivity index (χ0v) is 18.8. The van der Waals surface area contributed by atoms with E-state index in [1.165, 1.54) is 0 Å². The van der Waals surface area contributed by atoms with E-state index in [2.05, 4.69) is 75.7 Å². The van der Waals surface area contributed by atoms with Crippen LogP contribution >= 0.6 is 11.3 Å². The van der Waals surface area contributed by atoms with Crippen LogP contribution in [0.5, 0.6) is 0 Å². The van der Waals surface area contributed by atoms with Crippen molar-refractivity contribution in [3.8, 4) is 0 Å². The lowest BCUT2D eigenvalue weighted by Gasteiger charge is -2.36. The summed E-state index contributed by atoms with van der Waals surface area (Å²) in [6.45, 7) is 11.6. The molecule has 8 heteroatoms. The van der Waals surface area contributed by atoms with Gasteiger partial charge in [0, 0.05) is 38.3 Å². The van der Waals surface area contributed by atoms with Gasteiger partial charge in [0.25, 0.3) is 0 Å². The summed E-state index contributed by atoms with van der Waals surface area (Å²) in [6.07, 6.45) is 2.38. The molecule has 1 aliphatic heterocycles. The average molecular weight is 417 g/mol. The molecule has 2 atom stereocenters. The molecule has 3 rings (SSSR count). The fourth-order valence-corrected chi connectivity index (χ4v) is 4.21. The maximum absolute atomic E-state index is 5.80. The van der Waals surface area contributed by atoms with Crippen molar-refractivity contribution < 1.29 is 4.74 Å². The van der Waals surface area contributed by atoms with E-state index in [0.29, 0.717) is 19.0 Å². The molecule has 0 saturated carbocycles. The van der Waals surface area contributed by atoms with Crippen LogP contribution in [-0.4, -0.2) is 48.3 Å². The van der Waals surface area contributed by atoms with Gasteiger partial charge < -0.3 is 20.3 Å². The third-order valence-corrected chi connectivity index (χ3v) is 5.67. The van der Waals surface area contributed by atoms with Gasteiger partial charge in [0.05, 0.1) is 24.4 Å². The second-order valence-corrected chi connectivity index (χ2v) is 8.73. The van der Waals surface area contributed by atoms with Gasteiger partial charge in [-0.1, -0.05) is 19.9 Å². The van der Waals surface area contributed by atoms with Gasteiger partial charge in [0.2, 0.25) is 0 Å². The van der Waals surface area contributed by atoms with Gasteiger partial charge in [-0.3, -0.25) is 4.99 Å². The van der Waals surface area contributed by atoms with Crippen molar-refractivity contribution in [2.45, 2.75) is 58.9 Å². The molecule has 2 aromatic heterocycles. The van der Waals surface area contributed by atoms with E-state index >= 15 is 0 Å². The number of nitrogens with one attached hydrogen (secondary N) is 2. The number of morpholine rings is 1. The Balaban J connectivity index is 1.49. The van der Waals surface area contributed by atoms with Gasteiger partial charge in [-0.05, 0) is 31.4 Å². The van der Waals surface area contributed by atoms with Gasteiger partial charge in [-0.25, -0.2) is 9.97 Å². The molecular weight excluding hydrogens is 384 g/mol. The first-order valence-electron chi connectivity index (χ1n) is 10.2. The van der Waals surface area contributed by atoms with Gasteiger partial charge in [-0.15, -0.1) is 11.3 Å². The number of ether oxygens (including phenoxy) is 1. The maximum atomic E-state index is 5.80. The van der Waals surface area contributed by atoms with E-state index in [9.17, 15) is 0 Å². The van der Waals surface area contributed by atoms with Crippen molar-refractivity contribution in [2.75, 3.05) is 25.0 Å². The summed E-state index contributed by atoms with van der Waals surface area (Å²) < 4.78 is 5.80. The minimum Gasteiger partial charge on any atom is -0.372 e. The molecule has 2 unspecified atom stereocenters. The second kappa shape index (κ2) is 10.0. The molecule has 0 radical (unpaired) electrons. The molecule has 1 aliphatic rings. The number of hydrogen-bond acceptors (Lipinski definition) is 6. The van der Waals surface area contributed by atoms with Crippen LogP contribution in [0.3, 0.4) is 0 Å². The van der Waals surface area contributed by atoms with Crippen molar-refractivity contribution in [1.29, 1.82) is 0 Å². The smallest absolute Gasteiger partial charge is 0.191 e. The van der Waals surface area contributed by atoms with Crippen molar-refractivity contribution in [1.82, 2.24) is 20.6 Å². The maximum Gasteiger partial charge on any atom is 0.191 e. The molecule has 0 bridgehead atoms. The quantitative estimate of drug-likeness (QED) is 0.557. The van der Waals surface area contributed by atoms with Crippen LogP contribution < -0.4 is 15.5 Å². The van der Waals surface area contributed by atoms with E-state index in [-0.39, 0.29) is 12.2 Å². The molecule has 158 valence electrons. The molecule has 0 aromatic carbocycles. The van der Waals surface area contributed by atoms with E-state index < -0.39 is 0 Å². The number of nitrogens with zero attached hydrogens (tertiary/aromatic N) is 4. The van der Waals surface area contributed by atoms with E-state index in [1.54, 1.807) is 18.4 Å². The predicted molar refractivity (Wildman–Crippen MR) is 120 cm³/mol. The van der Waals surface area contributed by atoms with Gasteiger partial charge >= 0.3 is 0 Å². The summed E-state index contributed by atoms with van der Waals surface area (Å²) >= 11 is 1.68. The number of aliphatic imine (C=N–C) groups is 1. The first kappa shape index (κ1) is 21.5. The highest BCUT2D eigenvalue weighted by atomic mass is 32.1. The summed E-state index contributed by atoms with van der Waals surface area (Å²) in [4.78, 5) is 15.9. The number of hydrogen-bond donors (Lipinski definition) is 2. The molecule has 2 aromatic rings. The SMILES string of the molecule is CN=C(NCc1ccc(N2CC(C)OC(C)C2)nc1)NCc1nc(C(C)C)cs1. The molecule has 1 fully saturated rings.